The van der Waals surface area contributed by atoms with Gasteiger partial charge in [0.05, 0.1) is 8.95 Å². The predicted octanol–water partition coefficient (Wildman–Crippen LogP) is 5.89. The van der Waals surface area contributed by atoms with Crippen LogP contribution in [0.3, 0.4) is 0 Å². The van der Waals surface area contributed by atoms with Crippen LogP contribution in [-0.4, -0.2) is 26.2 Å². The van der Waals surface area contributed by atoms with Crippen LogP contribution in [0.25, 0.3) is 0 Å². The first-order chi connectivity index (χ1) is 11.6. The van der Waals surface area contributed by atoms with Gasteiger partial charge in [-0.05, 0) is 101 Å². The van der Waals surface area contributed by atoms with Crippen LogP contribution >= 0.6 is 93.0 Å². The minimum atomic E-state index is -4.26. The molecule has 0 aliphatic heterocycles. The zero-order valence-electron chi connectivity index (χ0n) is 12.1. The van der Waals surface area contributed by atoms with Gasteiger partial charge in [0.1, 0.15) is 29.6 Å². The average molecular weight is 783 g/mol. The fraction of sp³-hybridized carbons (Fsp3) is 0.143. The molecule has 1 N–H and O–H groups in total. The molecule has 0 atom stereocenters. The second-order valence-electron chi connectivity index (χ2n) is 4.59. The molecule has 25 heavy (non-hydrogen) atoms. The Kier molecular flexibility index (Phi) is 8.29. The fourth-order valence-corrected chi connectivity index (χ4v) is 8.32. The summed E-state index contributed by atoms with van der Waals surface area (Å²) in [6, 6.07) is 6.86. The minimum absolute atomic E-state index is 0.111. The maximum Gasteiger partial charge on any atom is 0.296 e. The number of halogens is 5. The van der Waals surface area contributed by atoms with Gasteiger partial charge in [0, 0.05) is 11.6 Å². The van der Waals surface area contributed by atoms with Gasteiger partial charge in [-0.1, -0.05) is 15.9 Å². The molecule has 11 heteroatoms. The third kappa shape index (κ3) is 6.17. The van der Waals surface area contributed by atoms with E-state index in [-0.39, 0.29) is 11.5 Å². The molecule has 0 saturated carbocycles. The molecule has 0 spiro atoms. The summed E-state index contributed by atoms with van der Waals surface area (Å²) in [6.45, 7) is 0.568. The third-order valence-corrected chi connectivity index (χ3v) is 7.82. The summed E-state index contributed by atoms with van der Waals surface area (Å²) in [5, 5.41) is 0. The molecule has 136 valence electrons. The van der Waals surface area contributed by atoms with E-state index in [4.69, 9.17) is 9.47 Å². The highest BCUT2D eigenvalue weighted by Crippen LogP contribution is 2.36. The summed E-state index contributed by atoms with van der Waals surface area (Å²) >= 11 is 13.9. The lowest BCUT2D eigenvalue weighted by Gasteiger charge is -2.13. The van der Waals surface area contributed by atoms with Crippen molar-refractivity contribution in [2.24, 2.45) is 0 Å². The van der Waals surface area contributed by atoms with Crippen molar-refractivity contribution in [3.63, 3.8) is 0 Å². The molecule has 2 aromatic carbocycles. The second-order valence-corrected chi connectivity index (χ2v) is 10.9. The number of ether oxygens (including phenoxy) is 2. The molecule has 2 rings (SSSR count). The lowest BCUT2D eigenvalue weighted by molar-refractivity contribution is 0.215. The first-order valence-corrected chi connectivity index (χ1v) is 12.4. The first kappa shape index (κ1) is 22.1. The van der Waals surface area contributed by atoms with Crippen LogP contribution in [0, 0.1) is 7.14 Å². The highest BCUT2D eigenvalue weighted by atomic mass is 127. The third-order valence-electron chi connectivity index (χ3n) is 2.79. The van der Waals surface area contributed by atoms with Gasteiger partial charge >= 0.3 is 0 Å². The van der Waals surface area contributed by atoms with Gasteiger partial charge in [-0.2, -0.15) is 8.42 Å². The Morgan fingerprint density at radius 1 is 0.920 bits per heavy atom. The standard InChI is InChI=1S/C14H9Br3I2O5S/c15-7-3-9(16)13(10(17)4-7)24-2-1-23-8-5-11(18)14(12(19)6-8)25(20,21)22/h3-6H,1-2H2,(H,20,21,22). The van der Waals surface area contributed by atoms with Crippen molar-refractivity contribution in [1.29, 1.82) is 0 Å². The first-order valence-electron chi connectivity index (χ1n) is 6.46. The summed E-state index contributed by atoms with van der Waals surface area (Å²) in [7, 11) is -4.26. The fourth-order valence-electron chi connectivity index (χ4n) is 1.84. The van der Waals surface area contributed by atoms with E-state index in [1.54, 1.807) is 12.1 Å². The molecule has 0 aliphatic rings. The molecule has 0 saturated heterocycles. The molecule has 0 unspecified atom stereocenters. The van der Waals surface area contributed by atoms with E-state index < -0.39 is 10.1 Å². The molecule has 0 aromatic heterocycles. The van der Waals surface area contributed by atoms with E-state index in [2.05, 4.69) is 47.8 Å². The molecule has 0 amide bonds. The van der Waals surface area contributed by atoms with Gasteiger partial charge in [0.15, 0.2) is 0 Å². The van der Waals surface area contributed by atoms with Gasteiger partial charge in [-0.25, -0.2) is 0 Å². The van der Waals surface area contributed by atoms with Crippen molar-refractivity contribution in [2.45, 2.75) is 4.90 Å². The van der Waals surface area contributed by atoms with Crippen molar-refractivity contribution >= 4 is 103 Å². The van der Waals surface area contributed by atoms with Crippen molar-refractivity contribution in [3.8, 4) is 11.5 Å². The number of hydrogen-bond acceptors (Lipinski definition) is 4. The molecule has 0 aliphatic carbocycles. The van der Waals surface area contributed by atoms with E-state index in [0.717, 1.165) is 13.4 Å². The van der Waals surface area contributed by atoms with Gasteiger partial charge in [-0.15, -0.1) is 0 Å². The van der Waals surface area contributed by atoms with Gasteiger partial charge in [-0.3, -0.25) is 4.55 Å². The van der Waals surface area contributed by atoms with Crippen LogP contribution in [-0.2, 0) is 10.1 Å². The smallest absolute Gasteiger partial charge is 0.296 e. The lowest BCUT2D eigenvalue weighted by atomic mass is 10.3. The highest BCUT2D eigenvalue weighted by molar-refractivity contribution is 14.1. The van der Waals surface area contributed by atoms with Crippen molar-refractivity contribution in [3.05, 3.63) is 44.8 Å². The zero-order valence-corrected chi connectivity index (χ0v) is 22.0. The van der Waals surface area contributed by atoms with Crippen LogP contribution in [0.2, 0.25) is 0 Å². The monoisotopic (exact) mass is 780 g/mol. The Balaban J connectivity index is 2.02. The molecular weight excluding hydrogens is 774 g/mol. The molecule has 0 fully saturated rings. The average Bonchev–Trinajstić information content (AvgIpc) is 2.43. The van der Waals surface area contributed by atoms with Crippen LogP contribution in [0.5, 0.6) is 11.5 Å². The summed E-state index contributed by atoms with van der Waals surface area (Å²) in [6.07, 6.45) is 0. The topological polar surface area (TPSA) is 72.8 Å². The predicted molar refractivity (Wildman–Crippen MR) is 122 cm³/mol. The quantitative estimate of drug-likeness (QED) is 0.225. The Labute approximate surface area is 197 Å². The van der Waals surface area contributed by atoms with Gasteiger partial charge in [0.2, 0.25) is 0 Å². The summed E-state index contributed by atoms with van der Waals surface area (Å²) in [4.78, 5) is -0.111. The Bertz CT molecular complexity index is 859. The maximum atomic E-state index is 11.4. The Hall–Kier alpha value is 0.850. The molecular formula is C14H9Br3I2O5S. The van der Waals surface area contributed by atoms with Crippen molar-refractivity contribution < 1.29 is 22.4 Å². The van der Waals surface area contributed by atoms with Crippen LogP contribution in [0.1, 0.15) is 0 Å². The van der Waals surface area contributed by atoms with E-state index in [1.165, 1.54) is 0 Å². The lowest BCUT2D eigenvalue weighted by Crippen LogP contribution is -2.11. The van der Waals surface area contributed by atoms with Crippen LogP contribution in [0.4, 0.5) is 0 Å². The van der Waals surface area contributed by atoms with E-state index in [0.29, 0.717) is 25.2 Å². The number of benzene rings is 2. The summed E-state index contributed by atoms with van der Waals surface area (Å²) in [5.74, 6) is 1.16. The van der Waals surface area contributed by atoms with Gasteiger partial charge < -0.3 is 9.47 Å². The molecule has 0 radical (unpaired) electrons. The van der Waals surface area contributed by atoms with Crippen molar-refractivity contribution in [2.75, 3.05) is 13.2 Å². The molecule has 5 nitrogen and oxygen atoms in total. The van der Waals surface area contributed by atoms with Gasteiger partial charge in [0.25, 0.3) is 10.1 Å². The maximum absolute atomic E-state index is 11.4. The normalized spacial score (nSPS) is 11.4. The van der Waals surface area contributed by atoms with Crippen LogP contribution < -0.4 is 9.47 Å². The highest BCUT2D eigenvalue weighted by Gasteiger charge is 2.19. The molecule has 2 aromatic rings. The Morgan fingerprint density at radius 2 is 1.40 bits per heavy atom. The van der Waals surface area contributed by atoms with Crippen molar-refractivity contribution in [1.82, 2.24) is 0 Å². The number of rotatable bonds is 6. The molecule has 0 bridgehead atoms. The van der Waals surface area contributed by atoms with E-state index in [9.17, 15) is 13.0 Å². The van der Waals surface area contributed by atoms with E-state index >= 15 is 0 Å². The van der Waals surface area contributed by atoms with Crippen LogP contribution in [0.15, 0.2) is 42.6 Å². The number of hydrogen-bond donors (Lipinski definition) is 1. The second kappa shape index (κ2) is 9.37. The van der Waals surface area contributed by atoms with E-state index in [1.807, 2.05) is 57.3 Å². The molecule has 0 heterocycles. The summed E-state index contributed by atoms with van der Waals surface area (Å²) in [5.41, 5.74) is 0. The minimum Gasteiger partial charge on any atom is -0.490 e. The SMILES string of the molecule is O=S(=O)(O)c1c(I)cc(OCCOc2c(Br)cc(Br)cc2Br)cc1I. The summed E-state index contributed by atoms with van der Waals surface area (Å²) < 4.78 is 46.6. The zero-order chi connectivity index (χ0) is 18.8. The Morgan fingerprint density at radius 3 is 1.88 bits per heavy atom. The largest absolute Gasteiger partial charge is 0.490 e.